The third kappa shape index (κ3) is 4.59. The summed E-state index contributed by atoms with van der Waals surface area (Å²) in [5.74, 6) is -1.95. The van der Waals surface area contributed by atoms with E-state index in [1.165, 1.54) is 37.3 Å². The molecule has 12 heteroatoms. The molecule has 35 heavy (non-hydrogen) atoms. The molecule has 4 amide bonds. The van der Waals surface area contributed by atoms with Gasteiger partial charge in [-0.1, -0.05) is 18.2 Å². The molecule has 182 valence electrons. The highest BCUT2D eigenvalue weighted by Gasteiger charge is 2.49. The number of aryl methyl sites for hydroxylation is 1. The molecule has 2 heterocycles. The molecular weight excluding hydrogens is 470 g/mol. The summed E-state index contributed by atoms with van der Waals surface area (Å²) in [4.78, 5) is 38.9. The number of carbonyl (C=O) groups is 3. The van der Waals surface area contributed by atoms with Gasteiger partial charge >= 0.3 is 12.2 Å². The highest BCUT2D eigenvalue weighted by atomic mass is 19.4. The maximum Gasteiger partial charge on any atom is 0.416 e. The first kappa shape index (κ1) is 23.9. The fourth-order valence-corrected chi connectivity index (χ4v) is 3.74. The van der Waals surface area contributed by atoms with Crippen LogP contribution in [-0.2, 0) is 21.3 Å². The predicted octanol–water partition coefficient (Wildman–Crippen LogP) is 3.74. The Hall–Kier alpha value is -4.22. The zero-order valence-corrected chi connectivity index (χ0v) is 18.5. The fraction of sp³-hybridized carbons (Fsp3) is 0.217. The molecule has 4 rings (SSSR count). The van der Waals surface area contributed by atoms with Gasteiger partial charge in [0, 0.05) is 6.07 Å². The molecule has 1 saturated heterocycles. The molecule has 3 aromatic rings. The van der Waals surface area contributed by atoms with Crippen LogP contribution in [0.25, 0.3) is 5.69 Å². The minimum atomic E-state index is -4.57. The van der Waals surface area contributed by atoms with E-state index < -0.39 is 47.5 Å². The first-order chi connectivity index (χ1) is 16.4. The van der Waals surface area contributed by atoms with Crippen molar-refractivity contribution < 1.29 is 31.9 Å². The molecule has 1 atom stereocenters. The second-order valence-electron chi connectivity index (χ2n) is 8.13. The van der Waals surface area contributed by atoms with Crippen LogP contribution in [0.1, 0.15) is 23.7 Å². The lowest BCUT2D eigenvalue weighted by Gasteiger charge is -2.22. The number of nitrogens with zero attached hydrogens (tertiary/aromatic N) is 3. The number of amides is 4. The summed E-state index contributed by atoms with van der Waals surface area (Å²) in [6, 6.07) is 10.0. The molecule has 2 aromatic carbocycles. The van der Waals surface area contributed by atoms with Crippen LogP contribution in [0.15, 0.2) is 54.6 Å². The number of halogens is 4. The van der Waals surface area contributed by atoms with E-state index in [0.29, 0.717) is 16.2 Å². The molecule has 0 spiro atoms. The number of aromatic nitrogens is 2. The number of rotatable bonds is 5. The Balaban J connectivity index is 1.54. The molecular formula is C23H19F4N5O3. The molecule has 8 nitrogen and oxygen atoms in total. The van der Waals surface area contributed by atoms with Crippen LogP contribution in [0.4, 0.5) is 28.2 Å². The maximum atomic E-state index is 13.3. The average molecular weight is 489 g/mol. The number of carbonyl (C=O) groups excluding carboxylic acids is 3. The standard InChI is InChI=1S/C23H19F4N5O3/c1-13-10-18(32(30-13)17-5-3-4-15(11-17)23(25,26)27)28-19(33)12-31-20(34)22(2,29-21(31)35)14-6-8-16(24)9-7-14/h3-11H,12H2,1-2H3,(H,28,33)(H,29,35). The first-order valence-electron chi connectivity index (χ1n) is 10.3. The topological polar surface area (TPSA) is 96.3 Å². The number of benzene rings is 2. The Labute approximate surface area is 196 Å². The van der Waals surface area contributed by atoms with Gasteiger partial charge in [0.25, 0.3) is 5.91 Å². The number of alkyl halides is 3. The average Bonchev–Trinajstić information content (AvgIpc) is 3.25. The van der Waals surface area contributed by atoms with Gasteiger partial charge in [0.2, 0.25) is 5.91 Å². The summed E-state index contributed by atoms with van der Waals surface area (Å²) in [5.41, 5.74) is -1.58. The van der Waals surface area contributed by atoms with Crippen molar-refractivity contribution in [3.05, 3.63) is 77.2 Å². The highest BCUT2D eigenvalue weighted by molar-refractivity contribution is 6.10. The third-order valence-corrected chi connectivity index (χ3v) is 5.52. The minimum absolute atomic E-state index is 0.0557. The van der Waals surface area contributed by atoms with Gasteiger partial charge in [0.1, 0.15) is 23.7 Å². The van der Waals surface area contributed by atoms with Crippen molar-refractivity contribution in [2.45, 2.75) is 25.6 Å². The van der Waals surface area contributed by atoms with Gasteiger partial charge in [-0.2, -0.15) is 18.3 Å². The molecule has 1 unspecified atom stereocenters. The van der Waals surface area contributed by atoms with Gasteiger partial charge < -0.3 is 10.6 Å². The molecule has 0 aliphatic carbocycles. The van der Waals surface area contributed by atoms with Crippen molar-refractivity contribution >= 4 is 23.7 Å². The Morgan fingerprint density at radius 1 is 1.11 bits per heavy atom. The van der Waals surface area contributed by atoms with Crippen LogP contribution in [0.3, 0.4) is 0 Å². The minimum Gasteiger partial charge on any atom is -0.319 e. The lowest BCUT2D eigenvalue weighted by Crippen LogP contribution is -2.42. The number of hydrogen-bond donors (Lipinski definition) is 2. The molecule has 2 N–H and O–H groups in total. The van der Waals surface area contributed by atoms with Crippen LogP contribution < -0.4 is 10.6 Å². The van der Waals surface area contributed by atoms with Gasteiger partial charge in [-0.25, -0.2) is 13.9 Å². The molecule has 0 bridgehead atoms. The Bertz CT molecular complexity index is 1320. The third-order valence-electron chi connectivity index (χ3n) is 5.52. The highest BCUT2D eigenvalue weighted by Crippen LogP contribution is 2.31. The lowest BCUT2D eigenvalue weighted by molar-refractivity contribution is -0.137. The zero-order valence-electron chi connectivity index (χ0n) is 18.5. The van der Waals surface area contributed by atoms with E-state index in [1.54, 1.807) is 6.92 Å². The predicted molar refractivity (Wildman–Crippen MR) is 116 cm³/mol. The Kier molecular flexibility index (Phi) is 5.83. The van der Waals surface area contributed by atoms with Gasteiger partial charge in [-0.05, 0) is 49.7 Å². The summed E-state index contributed by atoms with van der Waals surface area (Å²) in [7, 11) is 0. The zero-order chi connectivity index (χ0) is 25.5. The van der Waals surface area contributed by atoms with Crippen LogP contribution >= 0.6 is 0 Å². The molecule has 0 radical (unpaired) electrons. The van der Waals surface area contributed by atoms with Crippen LogP contribution in [0.2, 0.25) is 0 Å². The van der Waals surface area contributed by atoms with Gasteiger partial charge in [-0.15, -0.1) is 0 Å². The van der Waals surface area contributed by atoms with E-state index in [0.717, 1.165) is 28.9 Å². The van der Waals surface area contributed by atoms with Crippen molar-refractivity contribution in [3.8, 4) is 5.69 Å². The van der Waals surface area contributed by atoms with E-state index >= 15 is 0 Å². The van der Waals surface area contributed by atoms with Gasteiger partial charge in [0.15, 0.2) is 0 Å². The number of nitrogens with one attached hydrogen (secondary N) is 2. The van der Waals surface area contributed by atoms with Crippen LogP contribution in [-0.4, -0.2) is 39.1 Å². The molecule has 1 aliphatic heterocycles. The fourth-order valence-electron chi connectivity index (χ4n) is 3.74. The summed E-state index contributed by atoms with van der Waals surface area (Å²) in [6.07, 6.45) is -4.57. The summed E-state index contributed by atoms with van der Waals surface area (Å²) in [5, 5.41) is 9.13. The first-order valence-corrected chi connectivity index (χ1v) is 10.3. The van der Waals surface area contributed by atoms with Crippen molar-refractivity contribution in [3.63, 3.8) is 0 Å². The van der Waals surface area contributed by atoms with E-state index in [9.17, 15) is 31.9 Å². The van der Waals surface area contributed by atoms with Gasteiger partial charge in [0.05, 0.1) is 16.9 Å². The molecule has 0 saturated carbocycles. The smallest absolute Gasteiger partial charge is 0.319 e. The molecule has 1 aromatic heterocycles. The number of urea groups is 1. The van der Waals surface area contributed by atoms with Crippen molar-refractivity contribution in [2.75, 3.05) is 11.9 Å². The van der Waals surface area contributed by atoms with Crippen LogP contribution in [0, 0.1) is 12.7 Å². The van der Waals surface area contributed by atoms with E-state index in [-0.39, 0.29) is 11.5 Å². The second kappa shape index (κ2) is 8.53. The van der Waals surface area contributed by atoms with E-state index in [1.807, 2.05) is 0 Å². The summed E-state index contributed by atoms with van der Waals surface area (Å²) in [6.45, 7) is 2.37. The van der Waals surface area contributed by atoms with Crippen molar-refractivity contribution in [1.29, 1.82) is 0 Å². The monoisotopic (exact) mass is 489 g/mol. The van der Waals surface area contributed by atoms with Gasteiger partial charge in [-0.3, -0.25) is 14.5 Å². The molecule has 1 aliphatic rings. The van der Waals surface area contributed by atoms with E-state index in [2.05, 4.69) is 15.7 Å². The van der Waals surface area contributed by atoms with Crippen molar-refractivity contribution in [2.24, 2.45) is 0 Å². The number of imide groups is 1. The Morgan fingerprint density at radius 3 is 2.46 bits per heavy atom. The number of hydrogen-bond acceptors (Lipinski definition) is 4. The quantitative estimate of drug-likeness (QED) is 0.422. The normalized spacial score (nSPS) is 18.1. The van der Waals surface area contributed by atoms with Crippen molar-refractivity contribution in [1.82, 2.24) is 20.0 Å². The second-order valence-corrected chi connectivity index (χ2v) is 8.13. The maximum absolute atomic E-state index is 13.3. The SMILES string of the molecule is Cc1cc(NC(=O)CN2C(=O)NC(C)(c3ccc(F)cc3)C2=O)n(-c2cccc(C(F)(F)F)c2)n1. The summed E-state index contributed by atoms with van der Waals surface area (Å²) < 4.78 is 53.7. The lowest BCUT2D eigenvalue weighted by atomic mass is 9.92. The summed E-state index contributed by atoms with van der Waals surface area (Å²) >= 11 is 0. The largest absolute Gasteiger partial charge is 0.416 e. The number of anilines is 1. The van der Waals surface area contributed by atoms with E-state index in [4.69, 9.17) is 0 Å². The molecule has 1 fully saturated rings. The Morgan fingerprint density at radius 2 is 1.80 bits per heavy atom. The van der Waals surface area contributed by atoms with Crippen LogP contribution in [0.5, 0.6) is 0 Å².